The summed E-state index contributed by atoms with van der Waals surface area (Å²) in [6, 6.07) is 8.47. The Bertz CT molecular complexity index is 524. The van der Waals surface area contributed by atoms with Gasteiger partial charge >= 0.3 is 6.09 Å². The lowest BCUT2D eigenvalue weighted by molar-refractivity contribution is -0.120. The summed E-state index contributed by atoms with van der Waals surface area (Å²) in [5.74, 6) is 1.73. The third-order valence-corrected chi connectivity index (χ3v) is 4.01. The number of thioether (sulfide) groups is 1. The van der Waals surface area contributed by atoms with Crippen molar-refractivity contribution in [3.8, 4) is 0 Å². The van der Waals surface area contributed by atoms with Gasteiger partial charge < -0.3 is 15.4 Å². The number of carbonyl (C=O) groups is 2. The lowest BCUT2D eigenvalue weighted by Gasteiger charge is -2.19. The fraction of sp³-hybridized carbons (Fsp3) is 0.556. The second-order valence-electron chi connectivity index (χ2n) is 6.57. The highest BCUT2D eigenvalue weighted by Gasteiger charge is 2.15. The zero-order valence-electron chi connectivity index (χ0n) is 15.0. The molecule has 1 aromatic rings. The molecule has 0 aromatic heterocycles. The molecule has 134 valence electrons. The van der Waals surface area contributed by atoms with Gasteiger partial charge in [0, 0.05) is 31.0 Å². The molecule has 0 fully saturated rings. The molecule has 24 heavy (non-hydrogen) atoms. The highest BCUT2D eigenvalue weighted by Crippen LogP contribution is 2.12. The second kappa shape index (κ2) is 10.2. The molecule has 0 aliphatic carbocycles. The SMILES string of the molecule is Cc1ccc(CSCCNC(=O)CCNC(=O)OC(C)(C)C)cc1. The van der Waals surface area contributed by atoms with E-state index in [-0.39, 0.29) is 18.9 Å². The molecule has 6 heteroatoms. The summed E-state index contributed by atoms with van der Waals surface area (Å²) in [5, 5.41) is 5.42. The molecule has 0 spiro atoms. The van der Waals surface area contributed by atoms with E-state index in [2.05, 4.69) is 41.8 Å². The van der Waals surface area contributed by atoms with Gasteiger partial charge in [0.05, 0.1) is 0 Å². The normalized spacial score (nSPS) is 11.0. The third kappa shape index (κ3) is 10.2. The molecular weight excluding hydrogens is 324 g/mol. The maximum atomic E-state index is 11.7. The number of nitrogens with one attached hydrogen (secondary N) is 2. The summed E-state index contributed by atoms with van der Waals surface area (Å²) >= 11 is 1.78. The molecule has 5 nitrogen and oxygen atoms in total. The van der Waals surface area contributed by atoms with Crippen LogP contribution in [-0.4, -0.2) is 36.4 Å². The number of hydrogen-bond acceptors (Lipinski definition) is 4. The lowest BCUT2D eigenvalue weighted by Crippen LogP contribution is -2.35. The van der Waals surface area contributed by atoms with Crippen LogP contribution < -0.4 is 10.6 Å². The van der Waals surface area contributed by atoms with Crippen LogP contribution in [0.15, 0.2) is 24.3 Å². The van der Waals surface area contributed by atoms with Crippen LogP contribution in [0.3, 0.4) is 0 Å². The van der Waals surface area contributed by atoms with E-state index in [9.17, 15) is 9.59 Å². The first-order chi connectivity index (χ1) is 11.3. The first kappa shape index (κ1) is 20.4. The van der Waals surface area contributed by atoms with E-state index in [1.54, 1.807) is 32.5 Å². The van der Waals surface area contributed by atoms with Crippen LogP contribution in [0.4, 0.5) is 4.79 Å². The number of hydrogen-bond donors (Lipinski definition) is 2. The van der Waals surface area contributed by atoms with Crippen molar-refractivity contribution in [1.82, 2.24) is 10.6 Å². The summed E-state index contributed by atoms with van der Waals surface area (Å²) in [5.41, 5.74) is 2.02. The Morgan fingerprint density at radius 1 is 1.08 bits per heavy atom. The summed E-state index contributed by atoms with van der Waals surface area (Å²) in [4.78, 5) is 23.1. The van der Waals surface area contributed by atoms with Crippen molar-refractivity contribution < 1.29 is 14.3 Å². The average Bonchev–Trinajstić information content (AvgIpc) is 2.47. The van der Waals surface area contributed by atoms with E-state index in [1.807, 2.05) is 0 Å². The van der Waals surface area contributed by atoms with Crippen molar-refractivity contribution in [1.29, 1.82) is 0 Å². The number of aryl methyl sites for hydroxylation is 1. The van der Waals surface area contributed by atoms with Crippen molar-refractivity contribution in [2.24, 2.45) is 0 Å². The van der Waals surface area contributed by atoms with Crippen molar-refractivity contribution in [2.45, 2.75) is 45.5 Å². The number of alkyl carbamates (subject to hydrolysis) is 1. The molecule has 0 aliphatic heterocycles. The predicted octanol–water partition coefficient (Wildman–Crippen LogP) is 3.26. The summed E-state index contributed by atoms with van der Waals surface area (Å²) in [6.07, 6.45) is -0.244. The average molecular weight is 353 g/mol. The number of ether oxygens (including phenoxy) is 1. The monoisotopic (exact) mass is 352 g/mol. The Hall–Kier alpha value is -1.69. The van der Waals surface area contributed by atoms with Gasteiger partial charge in [-0.2, -0.15) is 11.8 Å². The van der Waals surface area contributed by atoms with Gasteiger partial charge in [-0.3, -0.25) is 4.79 Å². The van der Waals surface area contributed by atoms with E-state index >= 15 is 0 Å². The van der Waals surface area contributed by atoms with Crippen molar-refractivity contribution >= 4 is 23.8 Å². The van der Waals surface area contributed by atoms with Crippen LogP contribution in [0, 0.1) is 6.92 Å². The van der Waals surface area contributed by atoms with E-state index in [0.29, 0.717) is 6.54 Å². The van der Waals surface area contributed by atoms with E-state index in [0.717, 1.165) is 11.5 Å². The Labute approximate surface area is 148 Å². The van der Waals surface area contributed by atoms with E-state index < -0.39 is 11.7 Å². The van der Waals surface area contributed by atoms with Gasteiger partial charge in [-0.25, -0.2) is 4.79 Å². The molecular formula is C18H28N2O3S. The molecule has 0 saturated heterocycles. The van der Waals surface area contributed by atoms with Crippen molar-refractivity contribution in [3.63, 3.8) is 0 Å². The topological polar surface area (TPSA) is 67.4 Å². The smallest absolute Gasteiger partial charge is 0.407 e. The molecule has 0 saturated carbocycles. The lowest BCUT2D eigenvalue weighted by atomic mass is 10.2. The second-order valence-corrected chi connectivity index (χ2v) is 7.67. The zero-order chi connectivity index (χ0) is 18.0. The number of rotatable bonds is 8. The van der Waals surface area contributed by atoms with Gasteiger partial charge in [0.25, 0.3) is 0 Å². The number of amides is 2. The third-order valence-electron chi connectivity index (χ3n) is 2.98. The molecule has 0 heterocycles. The summed E-state index contributed by atoms with van der Waals surface area (Å²) < 4.78 is 5.10. The van der Waals surface area contributed by atoms with Gasteiger partial charge in [0.15, 0.2) is 0 Å². The standard InChI is InChI=1S/C18H28N2O3S/c1-14-5-7-15(8-6-14)13-24-12-11-19-16(21)9-10-20-17(22)23-18(2,3)4/h5-8H,9-13H2,1-4H3,(H,19,21)(H,20,22). The maximum Gasteiger partial charge on any atom is 0.407 e. The first-order valence-corrected chi connectivity index (χ1v) is 9.28. The quantitative estimate of drug-likeness (QED) is 0.705. The number of carbonyl (C=O) groups excluding carboxylic acids is 2. The number of benzene rings is 1. The van der Waals surface area contributed by atoms with Crippen LogP contribution in [0.2, 0.25) is 0 Å². The predicted molar refractivity (Wildman–Crippen MR) is 99.2 cm³/mol. The minimum absolute atomic E-state index is 0.0676. The van der Waals surface area contributed by atoms with Gasteiger partial charge in [-0.15, -0.1) is 0 Å². The Morgan fingerprint density at radius 2 is 1.75 bits per heavy atom. The minimum atomic E-state index is -0.527. The Kier molecular flexibility index (Phi) is 8.68. The van der Waals surface area contributed by atoms with E-state index in [1.165, 1.54) is 11.1 Å². The first-order valence-electron chi connectivity index (χ1n) is 8.13. The highest BCUT2D eigenvalue weighted by atomic mass is 32.2. The summed E-state index contributed by atoms with van der Waals surface area (Å²) in [6.45, 7) is 8.37. The molecule has 0 aliphatic rings. The molecule has 2 N–H and O–H groups in total. The van der Waals surface area contributed by atoms with Crippen LogP contribution in [0.1, 0.15) is 38.3 Å². The van der Waals surface area contributed by atoms with Crippen LogP contribution in [0.5, 0.6) is 0 Å². The van der Waals surface area contributed by atoms with Gasteiger partial charge in [-0.05, 0) is 33.3 Å². The Balaban J connectivity index is 2.04. The van der Waals surface area contributed by atoms with Crippen molar-refractivity contribution in [2.75, 3.05) is 18.8 Å². The van der Waals surface area contributed by atoms with Gasteiger partial charge in [-0.1, -0.05) is 29.8 Å². The van der Waals surface area contributed by atoms with Gasteiger partial charge in [0.1, 0.15) is 5.60 Å². The van der Waals surface area contributed by atoms with Gasteiger partial charge in [0.2, 0.25) is 5.91 Å². The van der Waals surface area contributed by atoms with Crippen LogP contribution >= 0.6 is 11.8 Å². The molecule has 1 rings (SSSR count). The molecule has 0 unspecified atom stereocenters. The summed E-state index contributed by atoms with van der Waals surface area (Å²) in [7, 11) is 0. The van der Waals surface area contributed by atoms with Crippen LogP contribution in [-0.2, 0) is 15.3 Å². The molecule has 1 aromatic carbocycles. The van der Waals surface area contributed by atoms with Crippen LogP contribution in [0.25, 0.3) is 0 Å². The molecule has 2 amide bonds. The largest absolute Gasteiger partial charge is 0.444 e. The zero-order valence-corrected chi connectivity index (χ0v) is 15.8. The minimum Gasteiger partial charge on any atom is -0.444 e. The fourth-order valence-corrected chi connectivity index (χ4v) is 2.64. The van der Waals surface area contributed by atoms with Crippen molar-refractivity contribution in [3.05, 3.63) is 35.4 Å². The molecule has 0 radical (unpaired) electrons. The van der Waals surface area contributed by atoms with E-state index in [4.69, 9.17) is 4.74 Å². The fourth-order valence-electron chi connectivity index (χ4n) is 1.82. The molecule has 0 bridgehead atoms. The maximum absolute atomic E-state index is 11.7. The Morgan fingerprint density at radius 3 is 2.38 bits per heavy atom. The molecule has 0 atom stereocenters. The highest BCUT2D eigenvalue weighted by molar-refractivity contribution is 7.98.